The molecule has 0 heterocycles. The van der Waals surface area contributed by atoms with Gasteiger partial charge in [-0.15, -0.1) is 0 Å². The molecule has 0 amide bonds. The topological polar surface area (TPSA) is 86.7 Å². The molecule has 0 saturated heterocycles. The molecule has 1 unspecified atom stereocenters. The van der Waals surface area contributed by atoms with Crippen molar-refractivity contribution in [2.45, 2.75) is 31.2 Å². The zero-order valence-corrected chi connectivity index (χ0v) is 16.9. The lowest BCUT2D eigenvalue weighted by Gasteiger charge is -2.25. The summed E-state index contributed by atoms with van der Waals surface area (Å²) in [5.74, 6) is -1.15. The number of nitrogens with zero attached hydrogens (tertiary/aromatic N) is 1. The van der Waals surface area contributed by atoms with E-state index in [1.165, 1.54) is 23.8 Å². The van der Waals surface area contributed by atoms with E-state index in [4.69, 9.17) is 0 Å². The van der Waals surface area contributed by atoms with Crippen LogP contribution in [0.4, 0.5) is 0 Å². The second kappa shape index (κ2) is 8.65. The first-order valence-electron chi connectivity index (χ1n) is 8.74. The first kappa shape index (κ1) is 21.1. The molecule has 0 bridgehead atoms. The van der Waals surface area contributed by atoms with Gasteiger partial charge < -0.3 is 10.0 Å². The Bertz CT molecular complexity index is 906. The molecule has 2 aromatic carbocycles. The molecule has 0 fully saturated rings. The second-order valence-electron chi connectivity index (χ2n) is 6.71. The average molecular weight is 391 g/mol. The number of carboxylic acid groups (broad SMARTS) is 1. The largest absolute Gasteiger partial charge is 0.478 e. The van der Waals surface area contributed by atoms with Crippen molar-refractivity contribution in [3.63, 3.8) is 0 Å². The van der Waals surface area contributed by atoms with Crippen LogP contribution in [0.5, 0.6) is 0 Å². The zero-order chi connectivity index (χ0) is 20.2. The fourth-order valence-corrected chi connectivity index (χ4v) is 3.91. The third-order valence-electron chi connectivity index (χ3n) is 4.61. The van der Waals surface area contributed by atoms with Crippen LogP contribution in [0.2, 0.25) is 0 Å². The molecular weight excluding hydrogens is 364 g/mol. The van der Waals surface area contributed by atoms with Gasteiger partial charge in [0.2, 0.25) is 10.0 Å². The molecule has 0 spiro atoms. The monoisotopic (exact) mass is 390 g/mol. The first-order chi connectivity index (χ1) is 12.7. The molecule has 2 rings (SSSR count). The predicted molar refractivity (Wildman–Crippen MR) is 106 cm³/mol. The van der Waals surface area contributed by atoms with Crippen molar-refractivity contribution in [1.29, 1.82) is 0 Å². The molecule has 0 saturated carbocycles. The predicted octanol–water partition coefficient (Wildman–Crippen LogP) is 2.84. The molecule has 6 nitrogen and oxygen atoms in total. The molecule has 27 heavy (non-hydrogen) atoms. The maximum absolute atomic E-state index is 12.7. The number of benzene rings is 2. The molecule has 146 valence electrons. The minimum absolute atomic E-state index is 0.0165. The van der Waals surface area contributed by atoms with Crippen LogP contribution in [0.15, 0.2) is 47.4 Å². The van der Waals surface area contributed by atoms with Crippen molar-refractivity contribution in [2.24, 2.45) is 0 Å². The number of hydrogen-bond donors (Lipinski definition) is 2. The number of sulfonamides is 1. The van der Waals surface area contributed by atoms with Gasteiger partial charge in [-0.05, 0) is 56.3 Å². The Morgan fingerprint density at radius 1 is 1.15 bits per heavy atom. The highest BCUT2D eigenvalue weighted by Gasteiger charge is 2.21. The summed E-state index contributed by atoms with van der Waals surface area (Å²) in [4.78, 5) is 13.2. The van der Waals surface area contributed by atoms with E-state index in [0.29, 0.717) is 5.56 Å². The Morgan fingerprint density at radius 3 is 2.30 bits per heavy atom. The lowest BCUT2D eigenvalue weighted by molar-refractivity contribution is 0.0696. The van der Waals surface area contributed by atoms with Gasteiger partial charge in [0.15, 0.2) is 0 Å². The van der Waals surface area contributed by atoms with Gasteiger partial charge in [0, 0.05) is 12.6 Å². The number of aromatic carboxylic acids is 1. The molecule has 2 N–H and O–H groups in total. The van der Waals surface area contributed by atoms with Crippen molar-refractivity contribution < 1.29 is 18.3 Å². The normalized spacial score (nSPS) is 12.9. The van der Waals surface area contributed by atoms with Crippen molar-refractivity contribution in [2.75, 3.05) is 20.6 Å². The zero-order valence-electron chi connectivity index (χ0n) is 16.1. The van der Waals surface area contributed by atoms with E-state index in [1.807, 2.05) is 43.3 Å². The summed E-state index contributed by atoms with van der Waals surface area (Å²) < 4.78 is 27.9. The quantitative estimate of drug-likeness (QED) is 0.724. The van der Waals surface area contributed by atoms with Gasteiger partial charge in [0.25, 0.3) is 0 Å². The Labute approximate surface area is 160 Å². The smallest absolute Gasteiger partial charge is 0.335 e. The number of carboxylic acids is 1. The Morgan fingerprint density at radius 2 is 1.78 bits per heavy atom. The summed E-state index contributed by atoms with van der Waals surface area (Å²) >= 11 is 0. The van der Waals surface area contributed by atoms with Crippen LogP contribution in [0.1, 0.15) is 40.0 Å². The lowest BCUT2D eigenvalue weighted by atomic mass is 10.0. The van der Waals surface area contributed by atoms with E-state index in [0.717, 1.165) is 12.0 Å². The second-order valence-corrected chi connectivity index (χ2v) is 8.48. The molecule has 0 radical (unpaired) electrons. The third kappa shape index (κ3) is 5.15. The fourth-order valence-electron chi connectivity index (χ4n) is 2.84. The van der Waals surface area contributed by atoms with Crippen LogP contribution in [-0.4, -0.2) is 45.0 Å². The first-order valence-corrected chi connectivity index (χ1v) is 10.2. The molecule has 0 aliphatic carbocycles. The van der Waals surface area contributed by atoms with Crippen LogP contribution in [0, 0.1) is 6.92 Å². The highest BCUT2D eigenvalue weighted by Crippen LogP contribution is 2.20. The molecule has 2 aromatic rings. The maximum Gasteiger partial charge on any atom is 0.335 e. The number of hydrogen-bond acceptors (Lipinski definition) is 4. The van der Waals surface area contributed by atoms with Crippen LogP contribution in [-0.2, 0) is 16.4 Å². The van der Waals surface area contributed by atoms with Gasteiger partial charge in [-0.3, -0.25) is 0 Å². The summed E-state index contributed by atoms with van der Waals surface area (Å²) in [6, 6.07) is 12.1. The summed E-state index contributed by atoms with van der Waals surface area (Å²) in [6.07, 6.45) is 0.943. The highest BCUT2D eigenvalue weighted by atomic mass is 32.2. The van der Waals surface area contributed by atoms with Gasteiger partial charge in [-0.1, -0.05) is 37.3 Å². The average Bonchev–Trinajstić information content (AvgIpc) is 2.62. The Hall–Kier alpha value is -2.22. The Kier molecular flexibility index (Phi) is 6.75. The van der Waals surface area contributed by atoms with E-state index in [2.05, 4.69) is 11.6 Å². The van der Waals surface area contributed by atoms with Crippen molar-refractivity contribution in [3.05, 3.63) is 64.7 Å². The van der Waals surface area contributed by atoms with E-state index < -0.39 is 16.0 Å². The number of rotatable bonds is 8. The van der Waals surface area contributed by atoms with Gasteiger partial charge in [-0.2, -0.15) is 0 Å². The lowest BCUT2D eigenvalue weighted by Crippen LogP contribution is -2.34. The van der Waals surface area contributed by atoms with Crippen LogP contribution in [0.3, 0.4) is 0 Å². The molecule has 0 aliphatic rings. The van der Waals surface area contributed by atoms with Crippen molar-refractivity contribution in [1.82, 2.24) is 9.62 Å². The number of carbonyl (C=O) groups is 1. The van der Waals surface area contributed by atoms with Crippen molar-refractivity contribution >= 4 is 16.0 Å². The number of likely N-dealkylation sites (N-methyl/N-ethyl adjacent to an activating group) is 1. The highest BCUT2D eigenvalue weighted by molar-refractivity contribution is 7.89. The van der Waals surface area contributed by atoms with E-state index in [9.17, 15) is 18.3 Å². The Balaban J connectivity index is 2.23. The molecule has 0 aliphatic heterocycles. The van der Waals surface area contributed by atoms with Crippen LogP contribution < -0.4 is 4.72 Å². The summed E-state index contributed by atoms with van der Waals surface area (Å²) in [5, 5.41) is 9.22. The molecular formula is C20H26N2O4S. The van der Waals surface area contributed by atoms with Gasteiger partial charge in [-0.25, -0.2) is 17.9 Å². The van der Waals surface area contributed by atoms with Crippen LogP contribution in [0.25, 0.3) is 0 Å². The molecule has 7 heteroatoms. The molecule has 1 atom stereocenters. The third-order valence-corrected chi connectivity index (χ3v) is 6.03. The SMILES string of the molecule is CCc1ccc(C(CNS(=O)(=O)c2ccc(C)c(C(=O)O)c2)N(C)C)cc1. The fraction of sp³-hybridized carbons (Fsp3) is 0.350. The minimum atomic E-state index is -3.82. The van der Waals surface area contributed by atoms with Crippen molar-refractivity contribution in [3.8, 4) is 0 Å². The van der Waals surface area contributed by atoms with Gasteiger partial charge >= 0.3 is 5.97 Å². The molecule has 0 aromatic heterocycles. The van der Waals surface area contributed by atoms with Crippen LogP contribution >= 0.6 is 0 Å². The summed E-state index contributed by atoms with van der Waals surface area (Å²) in [5.41, 5.74) is 2.73. The van der Waals surface area contributed by atoms with Gasteiger partial charge in [0.05, 0.1) is 10.5 Å². The van der Waals surface area contributed by atoms with E-state index in [-0.39, 0.29) is 23.0 Å². The summed E-state index contributed by atoms with van der Waals surface area (Å²) in [6.45, 7) is 3.89. The number of nitrogens with one attached hydrogen (secondary N) is 1. The maximum atomic E-state index is 12.7. The van der Waals surface area contributed by atoms with E-state index in [1.54, 1.807) is 6.92 Å². The summed E-state index contributed by atoms with van der Waals surface area (Å²) in [7, 11) is -0.0425. The standard InChI is InChI=1S/C20H26N2O4S/c1-5-15-7-9-16(10-8-15)19(22(3)4)13-21-27(25,26)17-11-6-14(2)18(12-17)20(23)24/h6-12,19,21H,5,13H2,1-4H3,(H,23,24). The minimum Gasteiger partial charge on any atom is -0.478 e. The van der Waals surface area contributed by atoms with Gasteiger partial charge in [0.1, 0.15) is 0 Å². The van der Waals surface area contributed by atoms with E-state index >= 15 is 0 Å². The number of aryl methyl sites for hydroxylation is 2.